The lowest BCUT2D eigenvalue weighted by Gasteiger charge is -2.18. The second kappa shape index (κ2) is 12.4. The minimum Gasteiger partial charge on any atom is -0.479 e. The molecule has 0 bridgehead atoms. The lowest BCUT2D eigenvalue weighted by atomic mass is 10.1. The van der Waals surface area contributed by atoms with Crippen LogP contribution >= 0.6 is 0 Å². The zero-order valence-corrected chi connectivity index (χ0v) is 14.6. The fourth-order valence-electron chi connectivity index (χ4n) is 1.79. The van der Waals surface area contributed by atoms with Gasteiger partial charge in [0.25, 0.3) is 0 Å². The first-order valence-corrected chi connectivity index (χ1v) is 7.65. The molecule has 1 aromatic carbocycles. The molecular weight excluding hydrogens is 355 g/mol. The summed E-state index contributed by atoms with van der Waals surface area (Å²) in [6.45, 7) is 0.403. The summed E-state index contributed by atoms with van der Waals surface area (Å²) in [7, 11) is 2.99. The van der Waals surface area contributed by atoms with Crippen molar-refractivity contribution >= 4 is 5.97 Å². The summed E-state index contributed by atoms with van der Waals surface area (Å²) in [5, 5.41) is 18.8. The van der Waals surface area contributed by atoms with E-state index in [1.807, 2.05) is 0 Å². The number of aliphatic hydroxyl groups is 1. The van der Waals surface area contributed by atoms with Crippen molar-refractivity contribution in [3.05, 3.63) is 23.5 Å². The van der Waals surface area contributed by atoms with Gasteiger partial charge in [-0.25, -0.2) is 9.18 Å². The molecule has 1 rings (SSSR count). The Bertz CT molecular complexity index is 553. The fourth-order valence-corrected chi connectivity index (χ4v) is 1.79. The monoisotopic (exact) mass is 378 g/mol. The van der Waals surface area contributed by atoms with Crippen LogP contribution in [0.1, 0.15) is 11.7 Å². The second-order valence-corrected chi connectivity index (χ2v) is 4.86. The summed E-state index contributed by atoms with van der Waals surface area (Å²) in [6, 6.07) is 2.06. The topological polar surface area (TPSA) is 113 Å². The molecular formula is C16H23FO9. The Hall–Kier alpha value is -1.98. The highest BCUT2D eigenvalue weighted by Gasteiger charge is 2.26. The molecule has 0 aliphatic heterocycles. The summed E-state index contributed by atoms with van der Waals surface area (Å²) >= 11 is 0. The van der Waals surface area contributed by atoms with Gasteiger partial charge in [-0.05, 0) is 12.1 Å². The van der Waals surface area contributed by atoms with E-state index in [-0.39, 0.29) is 38.1 Å². The van der Waals surface area contributed by atoms with E-state index in [2.05, 4.69) is 0 Å². The van der Waals surface area contributed by atoms with E-state index in [0.717, 1.165) is 12.1 Å². The number of aliphatic carboxylic acids is 1. The number of carboxylic acid groups (broad SMARTS) is 1. The highest BCUT2D eigenvalue weighted by atomic mass is 19.1. The summed E-state index contributed by atoms with van der Waals surface area (Å²) in [4.78, 5) is 11.1. The van der Waals surface area contributed by atoms with Crippen molar-refractivity contribution in [3.8, 4) is 11.5 Å². The molecule has 0 aromatic heterocycles. The normalized spacial score (nSPS) is 12.0. The number of rotatable bonds is 14. The number of halogens is 1. The maximum absolute atomic E-state index is 14.1. The van der Waals surface area contributed by atoms with Gasteiger partial charge >= 0.3 is 5.97 Å². The predicted molar refractivity (Wildman–Crippen MR) is 85.6 cm³/mol. The van der Waals surface area contributed by atoms with Gasteiger partial charge in [0.15, 0.2) is 31.3 Å². The Morgan fingerprint density at radius 3 is 2.04 bits per heavy atom. The highest BCUT2D eigenvalue weighted by Crippen LogP contribution is 2.37. The third-order valence-electron chi connectivity index (χ3n) is 3.06. The van der Waals surface area contributed by atoms with Crippen LogP contribution in [0.5, 0.6) is 11.5 Å². The number of methoxy groups -OCH3 is 2. The number of aliphatic hydroxyl groups excluding tert-OH is 1. The van der Waals surface area contributed by atoms with Crippen molar-refractivity contribution in [1.82, 2.24) is 0 Å². The van der Waals surface area contributed by atoms with Gasteiger partial charge in [0.2, 0.25) is 5.75 Å². The zero-order chi connectivity index (χ0) is 19.4. The van der Waals surface area contributed by atoms with Crippen molar-refractivity contribution in [2.45, 2.75) is 6.10 Å². The van der Waals surface area contributed by atoms with Crippen LogP contribution in [0.2, 0.25) is 0 Å². The quantitative estimate of drug-likeness (QED) is 0.361. The molecule has 0 saturated carbocycles. The van der Waals surface area contributed by atoms with E-state index in [0.29, 0.717) is 13.2 Å². The van der Waals surface area contributed by atoms with Crippen molar-refractivity contribution in [1.29, 1.82) is 0 Å². The molecule has 0 aliphatic carbocycles. The molecule has 0 heterocycles. The fraction of sp³-hybridized carbons (Fsp3) is 0.562. The van der Waals surface area contributed by atoms with Crippen LogP contribution < -0.4 is 9.47 Å². The minimum atomic E-state index is -1.93. The summed E-state index contributed by atoms with van der Waals surface area (Å²) < 4.78 is 44.5. The van der Waals surface area contributed by atoms with Crippen LogP contribution in [0.25, 0.3) is 0 Å². The van der Waals surface area contributed by atoms with Crippen LogP contribution in [-0.4, -0.2) is 70.4 Å². The van der Waals surface area contributed by atoms with E-state index in [1.165, 1.54) is 14.2 Å². The van der Waals surface area contributed by atoms with Gasteiger partial charge in [0.05, 0.1) is 26.4 Å². The molecule has 10 heteroatoms. The van der Waals surface area contributed by atoms with Gasteiger partial charge in [-0.1, -0.05) is 0 Å². The van der Waals surface area contributed by atoms with Crippen molar-refractivity contribution < 1.29 is 47.8 Å². The van der Waals surface area contributed by atoms with Crippen molar-refractivity contribution in [2.24, 2.45) is 0 Å². The summed E-state index contributed by atoms with van der Waals surface area (Å²) in [5.74, 6) is -3.01. The van der Waals surface area contributed by atoms with Gasteiger partial charge in [-0.2, -0.15) is 0 Å². The van der Waals surface area contributed by atoms with Gasteiger partial charge in [0, 0.05) is 19.8 Å². The molecule has 0 amide bonds. The van der Waals surface area contributed by atoms with Gasteiger partial charge in [0.1, 0.15) is 0 Å². The first-order chi connectivity index (χ1) is 12.5. The summed E-state index contributed by atoms with van der Waals surface area (Å²) in [5.41, 5.74) is -0.180. The molecule has 0 fully saturated rings. The van der Waals surface area contributed by atoms with Crippen LogP contribution in [0.15, 0.2) is 12.1 Å². The van der Waals surface area contributed by atoms with Crippen LogP contribution in [-0.2, 0) is 23.7 Å². The Morgan fingerprint density at radius 1 is 1.00 bits per heavy atom. The summed E-state index contributed by atoms with van der Waals surface area (Å²) in [6.07, 6.45) is -1.93. The molecule has 0 radical (unpaired) electrons. The predicted octanol–water partition coefficient (Wildman–Crippen LogP) is 0.942. The van der Waals surface area contributed by atoms with E-state index < -0.39 is 23.6 Å². The number of ether oxygens (including phenoxy) is 6. The molecule has 0 aliphatic rings. The molecule has 148 valence electrons. The Balaban J connectivity index is 2.92. The van der Waals surface area contributed by atoms with Crippen molar-refractivity contribution in [2.75, 3.05) is 54.2 Å². The number of benzene rings is 1. The lowest BCUT2D eigenvalue weighted by molar-refractivity contribution is -0.147. The standard InChI is InChI=1S/C16H23FO9/c1-21-5-7-23-9-25-14-11(13(18)16(19)20)3-4-12(17)15(14)26-10-24-8-6-22-2/h3-4,13,18H,5-10H2,1-2H3,(H,19,20). The Morgan fingerprint density at radius 2 is 1.54 bits per heavy atom. The average Bonchev–Trinajstić information content (AvgIpc) is 2.62. The van der Waals surface area contributed by atoms with Crippen molar-refractivity contribution in [3.63, 3.8) is 0 Å². The van der Waals surface area contributed by atoms with Gasteiger partial charge in [-0.15, -0.1) is 0 Å². The molecule has 2 N–H and O–H groups in total. The molecule has 0 saturated heterocycles. The maximum atomic E-state index is 14.1. The molecule has 26 heavy (non-hydrogen) atoms. The van der Waals surface area contributed by atoms with Crippen LogP contribution in [0, 0.1) is 5.82 Å². The van der Waals surface area contributed by atoms with Crippen LogP contribution in [0.3, 0.4) is 0 Å². The minimum absolute atomic E-state index is 0.180. The number of hydrogen-bond donors (Lipinski definition) is 2. The largest absolute Gasteiger partial charge is 0.479 e. The third-order valence-corrected chi connectivity index (χ3v) is 3.06. The van der Waals surface area contributed by atoms with E-state index >= 15 is 0 Å². The average molecular weight is 378 g/mol. The molecule has 1 aromatic rings. The first kappa shape index (κ1) is 22.1. The SMILES string of the molecule is COCCOCOc1c(F)ccc(C(O)C(=O)O)c1OCOCCOC. The third kappa shape index (κ3) is 7.10. The lowest BCUT2D eigenvalue weighted by Crippen LogP contribution is -2.16. The molecule has 1 atom stereocenters. The highest BCUT2D eigenvalue weighted by molar-refractivity contribution is 5.76. The number of carboxylic acids is 1. The Labute approximate surface area is 150 Å². The van der Waals surface area contributed by atoms with Gasteiger partial charge in [-0.3, -0.25) is 0 Å². The van der Waals surface area contributed by atoms with E-state index in [9.17, 15) is 14.3 Å². The molecule has 1 unspecified atom stereocenters. The smallest absolute Gasteiger partial charge is 0.337 e. The Kier molecular flexibility index (Phi) is 10.5. The zero-order valence-electron chi connectivity index (χ0n) is 14.6. The van der Waals surface area contributed by atoms with E-state index in [1.54, 1.807) is 0 Å². The molecule has 9 nitrogen and oxygen atoms in total. The number of carbonyl (C=O) groups is 1. The number of hydrogen-bond acceptors (Lipinski definition) is 8. The maximum Gasteiger partial charge on any atom is 0.337 e. The first-order valence-electron chi connectivity index (χ1n) is 7.65. The second-order valence-electron chi connectivity index (χ2n) is 4.86. The van der Waals surface area contributed by atoms with Crippen LogP contribution in [0.4, 0.5) is 4.39 Å². The molecule has 0 spiro atoms. The van der Waals surface area contributed by atoms with E-state index in [4.69, 9.17) is 33.5 Å². The van der Waals surface area contributed by atoms with Gasteiger partial charge < -0.3 is 38.6 Å².